The van der Waals surface area contributed by atoms with E-state index in [2.05, 4.69) is 58.9 Å². The standard InChI is InChI=1S/C20H32N4O/c1-21-19(22-15-20(24(2)3)10-12-25-13-11-20)23-18-9-8-16-6-4-5-7-17(16)14-18/h4-7,18H,8-15H2,1-3H3,(H2,21,22,23). The van der Waals surface area contributed by atoms with E-state index in [1.54, 1.807) is 0 Å². The Balaban J connectivity index is 1.57. The predicted molar refractivity (Wildman–Crippen MR) is 103 cm³/mol. The van der Waals surface area contributed by atoms with Crippen molar-refractivity contribution in [2.45, 2.75) is 43.7 Å². The molecule has 138 valence electrons. The minimum absolute atomic E-state index is 0.148. The average Bonchev–Trinajstić information content (AvgIpc) is 2.65. The van der Waals surface area contributed by atoms with Crippen LogP contribution < -0.4 is 10.6 Å². The van der Waals surface area contributed by atoms with Crippen molar-refractivity contribution in [3.05, 3.63) is 35.4 Å². The summed E-state index contributed by atoms with van der Waals surface area (Å²) in [6.07, 6.45) is 5.49. The lowest BCUT2D eigenvalue weighted by Gasteiger charge is -2.43. The summed E-state index contributed by atoms with van der Waals surface area (Å²) in [5.41, 5.74) is 3.11. The van der Waals surface area contributed by atoms with Crippen LogP contribution in [0.3, 0.4) is 0 Å². The van der Waals surface area contributed by atoms with Crippen molar-refractivity contribution in [2.75, 3.05) is 40.9 Å². The highest BCUT2D eigenvalue weighted by Crippen LogP contribution is 2.25. The van der Waals surface area contributed by atoms with Crippen LogP contribution in [-0.4, -0.2) is 63.3 Å². The van der Waals surface area contributed by atoms with Gasteiger partial charge in [-0.2, -0.15) is 0 Å². The predicted octanol–water partition coefficient (Wildman–Crippen LogP) is 1.82. The zero-order valence-corrected chi connectivity index (χ0v) is 15.8. The van der Waals surface area contributed by atoms with E-state index >= 15 is 0 Å². The minimum Gasteiger partial charge on any atom is -0.381 e. The van der Waals surface area contributed by atoms with E-state index in [0.717, 1.165) is 57.8 Å². The number of rotatable bonds is 4. The molecule has 3 rings (SSSR count). The van der Waals surface area contributed by atoms with E-state index < -0.39 is 0 Å². The van der Waals surface area contributed by atoms with Crippen molar-refractivity contribution >= 4 is 5.96 Å². The van der Waals surface area contributed by atoms with Crippen LogP contribution in [0.5, 0.6) is 0 Å². The van der Waals surface area contributed by atoms with Gasteiger partial charge in [0, 0.05) is 38.4 Å². The second-order valence-corrected chi connectivity index (χ2v) is 7.51. The molecule has 0 aromatic heterocycles. The van der Waals surface area contributed by atoms with Gasteiger partial charge in [-0.05, 0) is 57.3 Å². The highest BCUT2D eigenvalue weighted by Gasteiger charge is 2.35. The number of guanidine groups is 1. The maximum absolute atomic E-state index is 5.56. The quantitative estimate of drug-likeness (QED) is 0.646. The lowest BCUT2D eigenvalue weighted by atomic mass is 9.88. The van der Waals surface area contributed by atoms with Gasteiger partial charge in [-0.25, -0.2) is 0 Å². The number of nitrogens with one attached hydrogen (secondary N) is 2. The van der Waals surface area contributed by atoms with Crippen LogP contribution in [0.1, 0.15) is 30.4 Å². The SMILES string of the molecule is CN=C(NCC1(N(C)C)CCOCC1)NC1CCc2ccccc2C1. The molecule has 0 amide bonds. The number of fused-ring (bicyclic) bond motifs is 1. The summed E-state index contributed by atoms with van der Waals surface area (Å²) in [6.45, 7) is 2.57. The Morgan fingerprint density at radius 3 is 2.64 bits per heavy atom. The minimum atomic E-state index is 0.148. The Bertz CT molecular complexity index is 593. The molecule has 1 aliphatic carbocycles. The fourth-order valence-electron chi connectivity index (χ4n) is 3.99. The first-order valence-electron chi connectivity index (χ1n) is 9.42. The fourth-order valence-corrected chi connectivity index (χ4v) is 3.99. The second-order valence-electron chi connectivity index (χ2n) is 7.51. The zero-order chi connectivity index (χ0) is 17.7. The van der Waals surface area contributed by atoms with Crippen molar-refractivity contribution in [2.24, 2.45) is 4.99 Å². The van der Waals surface area contributed by atoms with Gasteiger partial charge in [-0.3, -0.25) is 4.99 Å². The van der Waals surface area contributed by atoms with Gasteiger partial charge in [-0.15, -0.1) is 0 Å². The maximum atomic E-state index is 5.56. The molecule has 2 aliphatic rings. The molecular formula is C20H32N4O. The number of hydrogen-bond acceptors (Lipinski definition) is 3. The average molecular weight is 345 g/mol. The van der Waals surface area contributed by atoms with Gasteiger partial charge in [0.25, 0.3) is 0 Å². The lowest BCUT2D eigenvalue weighted by Crippen LogP contribution is -2.58. The van der Waals surface area contributed by atoms with Gasteiger partial charge < -0.3 is 20.3 Å². The van der Waals surface area contributed by atoms with Gasteiger partial charge in [0.2, 0.25) is 0 Å². The smallest absolute Gasteiger partial charge is 0.191 e. The van der Waals surface area contributed by atoms with E-state index in [-0.39, 0.29) is 5.54 Å². The molecule has 1 saturated heterocycles. The lowest BCUT2D eigenvalue weighted by molar-refractivity contribution is -0.00503. The molecule has 0 bridgehead atoms. The van der Waals surface area contributed by atoms with Crippen LogP contribution in [0.4, 0.5) is 0 Å². The van der Waals surface area contributed by atoms with Crippen LogP contribution in [0.2, 0.25) is 0 Å². The molecule has 1 aromatic rings. The topological polar surface area (TPSA) is 48.9 Å². The Morgan fingerprint density at radius 1 is 1.24 bits per heavy atom. The largest absolute Gasteiger partial charge is 0.381 e. The molecule has 1 atom stereocenters. The third-order valence-electron chi connectivity index (χ3n) is 5.87. The van der Waals surface area contributed by atoms with Crippen LogP contribution in [0.25, 0.3) is 0 Å². The Morgan fingerprint density at radius 2 is 1.96 bits per heavy atom. The first-order valence-corrected chi connectivity index (χ1v) is 9.42. The van der Waals surface area contributed by atoms with E-state index in [1.807, 2.05) is 7.05 Å². The van der Waals surface area contributed by atoms with Crippen LogP contribution in [0.15, 0.2) is 29.3 Å². The number of benzene rings is 1. The molecule has 1 unspecified atom stereocenters. The Kier molecular flexibility index (Phi) is 5.97. The number of aliphatic imine (C=N–C) groups is 1. The summed E-state index contributed by atoms with van der Waals surface area (Å²) in [5, 5.41) is 7.21. The molecule has 5 heteroatoms. The van der Waals surface area contributed by atoms with Gasteiger partial charge in [0.1, 0.15) is 0 Å². The number of likely N-dealkylation sites (N-methyl/N-ethyl adjacent to an activating group) is 1. The third kappa shape index (κ3) is 4.33. The second kappa shape index (κ2) is 8.19. The molecular weight excluding hydrogens is 312 g/mol. The maximum Gasteiger partial charge on any atom is 0.191 e. The normalized spacial score (nSPS) is 23.2. The molecule has 1 aromatic carbocycles. The van der Waals surface area contributed by atoms with E-state index in [1.165, 1.54) is 11.1 Å². The monoisotopic (exact) mass is 344 g/mol. The third-order valence-corrected chi connectivity index (χ3v) is 5.87. The highest BCUT2D eigenvalue weighted by molar-refractivity contribution is 5.80. The first-order chi connectivity index (χ1) is 12.1. The van der Waals surface area contributed by atoms with Crippen LogP contribution in [-0.2, 0) is 17.6 Å². The van der Waals surface area contributed by atoms with Crippen molar-refractivity contribution in [3.8, 4) is 0 Å². The van der Waals surface area contributed by atoms with Crippen molar-refractivity contribution in [1.82, 2.24) is 15.5 Å². The van der Waals surface area contributed by atoms with Gasteiger partial charge in [0.05, 0.1) is 0 Å². The molecule has 1 fully saturated rings. The van der Waals surface area contributed by atoms with Gasteiger partial charge in [-0.1, -0.05) is 24.3 Å². The van der Waals surface area contributed by atoms with E-state index in [9.17, 15) is 0 Å². The van der Waals surface area contributed by atoms with Crippen molar-refractivity contribution in [3.63, 3.8) is 0 Å². The number of hydrogen-bond donors (Lipinski definition) is 2. The van der Waals surface area contributed by atoms with Gasteiger partial charge >= 0.3 is 0 Å². The van der Waals surface area contributed by atoms with E-state index in [0.29, 0.717) is 6.04 Å². The summed E-state index contributed by atoms with van der Waals surface area (Å²) in [4.78, 5) is 6.80. The fraction of sp³-hybridized carbons (Fsp3) is 0.650. The van der Waals surface area contributed by atoms with Crippen LogP contribution in [0, 0.1) is 0 Å². The Labute approximate surface area is 151 Å². The van der Waals surface area contributed by atoms with Crippen molar-refractivity contribution in [1.29, 1.82) is 0 Å². The van der Waals surface area contributed by atoms with Crippen LogP contribution >= 0.6 is 0 Å². The molecule has 5 nitrogen and oxygen atoms in total. The summed E-state index contributed by atoms with van der Waals surface area (Å²) in [6, 6.07) is 9.24. The number of nitrogens with zero attached hydrogens (tertiary/aromatic N) is 2. The summed E-state index contributed by atoms with van der Waals surface area (Å²) < 4.78 is 5.56. The van der Waals surface area contributed by atoms with Crippen molar-refractivity contribution < 1.29 is 4.74 Å². The summed E-state index contributed by atoms with van der Waals surface area (Å²) in [5.74, 6) is 0.914. The van der Waals surface area contributed by atoms with E-state index in [4.69, 9.17) is 4.74 Å². The highest BCUT2D eigenvalue weighted by atomic mass is 16.5. The van der Waals surface area contributed by atoms with Gasteiger partial charge in [0.15, 0.2) is 5.96 Å². The molecule has 0 radical (unpaired) electrons. The number of ether oxygens (including phenoxy) is 1. The summed E-state index contributed by atoms with van der Waals surface area (Å²) >= 11 is 0. The molecule has 0 spiro atoms. The molecule has 2 N–H and O–H groups in total. The number of aryl methyl sites for hydroxylation is 1. The summed E-state index contributed by atoms with van der Waals surface area (Å²) in [7, 11) is 6.20. The molecule has 0 saturated carbocycles. The molecule has 25 heavy (non-hydrogen) atoms. The molecule has 1 heterocycles. The Hall–Kier alpha value is -1.59. The molecule has 1 aliphatic heterocycles. The first kappa shape index (κ1) is 18.2. The zero-order valence-electron chi connectivity index (χ0n) is 15.8.